The van der Waals surface area contributed by atoms with Gasteiger partial charge in [-0.05, 0) is 59.5 Å². The third-order valence-corrected chi connectivity index (χ3v) is 3.65. The maximum Gasteiger partial charge on any atom is 0.119 e. The molecule has 1 aliphatic rings. The molecule has 0 heterocycles. The topological polar surface area (TPSA) is 60.7 Å². The predicted molar refractivity (Wildman–Crippen MR) is 79.0 cm³/mol. The zero-order valence-electron chi connectivity index (χ0n) is 11.0. The van der Waals surface area contributed by atoms with Gasteiger partial charge in [0, 0.05) is 6.42 Å². The molecule has 0 saturated carbocycles. The van der Waals surface area contributed by atoms with Crippen molar-refractivity contribution >= 4 is 10.8 Å². The van der Waals surface area contributed by atoms with Gasteiger partial charge < -0.3 is 15.3 Å². The van der Waals surface area contributed by atoms with Crippen molar-refractivity contribution in [3.05, 3.63) is 59.4 Å². The molecule has 102 valence electrons. The van der Waals surface area contributed by atoms with E-state index in [1.807, 2.05) is 18.2 Å². The monoisotopic (exact) mass is 268 g/mol. The van der Waals surface area contributed by atoms with E-state index in [9.17, 15) is 15.3 Å². The maximum atomic E-state index is 10.1. The van der Waals surface area contributed by atoms with Gasteiger partial charge in [-0.25, -0.2) is 0 Å². The summed E-state index contributed by atoms with van der Waals surface area (Å²) in [4.78, 5) is 0. The van der Waals surface area contributed by atoms with Crippen LogP contribution >= 0.6 is 0 Å². The van der Waals surface area contributed by atoms with Gasteiger partial charge in [-0.15, -0.1) is 0 Å². The van der Waals surface area contributed by atoms with Crippen molar-refractivity contribution in [1.29, 1.82) is 0 Å². The van der Waals surface area contributed by atoms with Crippen LogP contribution in [0.3, 0.4) is 0 Å². The molecule has 0 saturated heterocycles. The minimum atomic E-state index is 0.195. The summed E-state index contributed by atoms with van der Waals surface area (Å²) >= 11 is 0. The highest BCUT2D eigenvalue weighted by atomic mass is 16.3. The fraction of sp³-hybridized carbons (Fsp3) is 0.176. The normalized spacial score (nSPS) is 15.0. The van der Waals surface area contributed by atoms with Crippen LogP contribution in [0.2, 0.25) is 0 Å². The van der Waals surface area contributed by atoms with Gasteiger partial charge in [-0.1, -0.05) is 17.7 Å². The first kappa shape index (κ1) is 12.6. The lowest BCUT2D eigenvalue weighted by Gasteiger charge is -2.13. The number of allylic oxidation sites excluding steroid dienone is 4. The number of aliphatic hydroxyl groups excluding tert-OH is 1. The Kier molecular flexibility index (Phi) is 3.11. The first-order valence-corrected chi connectivity index (χ1v) is 6.64. The molecule has 0 bridgehead atoms. The zero-order valence-corrected chi connectivity index (χ0v) is 11.0. The van der Waals surface area contributed by atoms with Crippen molar-refractivity contribution in [3.8, 4) is 11.5 Å². The summed E-state index contributed by atoms with van der Waals surface area (Å²) in [5.41, 5.74) is 2.06. The third kappa shape index (κ3) is 2.48. The number of hydrogen-bond donors (Lipinski definition) is 3. The summed E-state index contributed by atoms with van der Waals surface area (Å²) in [5, 5.41) is 30.7. The Morgan fingerprint density at radius 3 is 2.45 bits per heavy atom. The molecule has 0 aromatic heterocycles. The maximum absolute atomic E-state index is 10.1. The van der Waals surface area contributed by atoms with Crippen LogP contribution in [-0.4, -0.2) is 15.3 Å². The second-order valence-corrected chi connectivity index (χ2v) is 5.17. The average molecular weight is 268 g/mol. The number of aromatic hydroxyl groups is 2. The minimum absolute atomic E-state index is 0.195. The molecule has 0 radical (unpaired) electrons. The highest BCUT2D eigenvalue weighted by Crippen LogP contribution is 2.30. The van der Waals surface area contributed by atoms with Gasteiger partial charge in [0.2, 0.25) is 0 Å². The van der Waals surface area contributed by atoms with Crippen molar-refractivity contribution in [2.45, 2.75) is 19.3 Å². The van der Waals surface area contributed by atoms with E-state index in [4.69, 9.17) is 0 Å². The summed E-state index contributed by atoms with van der Waals surface area (Å²) in [6.07, 6.45) is 5.78. The van der Waals surface area contributed by atoms with Gasteiger partial charge in [-0.3, -0.25) is 0 Å². The van der Waals surface area contributed by atoms with Crippen LogP contribution in [0, 0.1) is 0 Å². The standard InChI is InChI=1S/C17H16O3/c18-15-4-1-11(2-5-15)7-14-8-12-3-6-16(19)9-13(12)10-17(14)20/h1,3-4,6,8-10,18-20H,2,5,7H2. The van der Waals surface area contributed by atoms with Gasteiger partial charge in [-0.2, -0.15) is 0 Å². The van der Waals surface area contributed by atoms with E-state index in [0.717, 1.165) is 22.8 Å². The number of fused-ring (bicyclic) bond motifs is 1. The number of benzene rings is 2. The van der Waals surface area contributed by atoms with Crippen molar-refractivity contribution in [2.75, 3.05) is 0 Å². The Morgan fingerprint density at radius 1 is 0.850 bits per heavy atom. The van der Waals surface area contributed by atoms with Gasteiger partial charge in [0.25, 0.3) is 0 Å². The van der Waals surface area contributed by atoms with Crippen molar-refractivity contribution in [2.24, 2.45) is 0 Å². The molecule has 0 aliphatic heterocycles. The van der Waals surface area contributed by atoms with E-state index < -0.39 is 0 Å². The first-order valence-electron chi connectivity index (χ1n) is 6.64. The van der Waals surface area contributed by atoms with Crippen LogP contribution in [0.15, 0.2) is 53.8 Å². The van der Waals surface area contributed by atoms with E-state index in [-0.39, 0.29) is 11.5 Å². The number of aliphatic hydroxyl groups is 1. The van der Waals surface area contributed by atoms with Gasteiger partial charge in [0.1, 0.15) is 11.5 Å². The SMILES string of the molecule is OC1=CC=C(Cc2cc3ccc(O)cc3cc2O)CC1. The highest BCUT2D eigenvalue weighted by molar-refractivity contribution is 5.86. The van der Waals surface area contributed by atoms with Gasteiger partial charge in [0.05, 0.1) is 5.76 Å². The quantitative estimate of drug-likeness (QED) is 0.772. The molecule has 3 heteroatoms. The molecule has 20 heavy (non-hydrogen) atoms. The minimum Gasteiger partial charge on any atom is -0.512 e. The molecular weight excluding hydrogens is 252 g/mol. The predicted octanol–water partition coefficient (Wildman–Crippen LogP) is 3.96. The van der Waals surface area contributed by atoms with Crippen LogP contribution in [0.25, 0.3) is 10.8 Å². The van der Waals surface area contributed by atoms with Crippen LogP contribution in [0.4, 0.5) is 0 Å². The van der Waals surface area contributed by atoms with Crippen LogP contribution < -0.4 is 0 Å². The molecular formula is C17H16O3. The van der Waals surface area contributed by atoms with E-state index in [1.165, 1.54) is 5.57 Å². The Bertz CT molecular complexity index is 726. The largest absolute Gasteiger partial charge is 0.512 e. The smallest absolute Gasteiger partial charge is 0.119 e. The Hall–Kier alpha value is -2.42. The number of rotatable bonds is 2. The molecule has 0 unspecified atom stereocenters. The average Bonchev–Trinajstić information content (AvgIpc) is 2.42. The molecule has 2 aromatic rings. The van der Waals surface area contributed by atoms with Crippen LogP contribution in [-0.2, 0) is 6.42 Å². The lowest BCUT2D eigenvalue weighted by atomic mass is 9.95. The second-order valence-electron chi connectivity index (χ2n) is 5.17. The van der Waals surface area contributed by atoms with Crippen LogP contribution in [0.5, 0.6) is 11.5 Å². The van der Waals surface area contributed by atoms with E-state index in [2.05, 4.69) is 0 Å². The van der Waals surface area contributed by atoms with E-state index in [0.29, 0.717) is 18.6 Å². The molecule has 0 spiro atoms. The Morgan fingerprint density at radius 2 is 1.70 bits per heavy atom. The lowest BCUT2D eigenvalue weighted by molar-refractivity contribution is 0.385. The Balaban J connectivity index is 1.96. The fourth-order valence-electron chi connectivity index (χ4n) is 2.52. The first-order chi connectivity index (χ1) is 9.61. The number of phenols is 2. The summed E-state index contributed by atoms with van der Waals surface area (Å²) in [7, 11) is 0. The van der Waals surface area contributed by atoms with E-state index in [1.54, 1.807) is 24.3 Å². The fourth-order valence-corrected chi connectivity index (χ4v) is 2.52. The molecule has 0 amide bonds. The van der Waals surface area contributed by atoms with Crippen LogP contribution in [0.1, 0.15) is 18.4 Å². The highest BCUT2D eigenvalue weighted by Gasteiger charge is 2.10. The number of hydrogen-bond acceptors (Lipinski definition) is 3. The summed E-state index contributed by atoms with van der Waals surface area (Å²) in [5.74, 6) is 0.843. The van der Waals surface area contributed by atoms with Gasteiger partial charge >= 0.3 is 0 Å². The van der Waals surface area contributed by atoms with Gasteiger partial charge in [0.15, 0.2) is 0 Å². The summed E-state index contributed by atoms with van der Waals surface area (Å²) in [6, 6.07) is 8.75. The van der Waals surface area contributed by atoms with Crippen molar-refractivity contribution in [3.63, 3.8) is 0 Å². The zero-order chi connectivity index (χ0) is 14.1. The molecule has 1 aliphatic carbocycles. The molecule has 0 atom stereocenters. The lowest BCUT2D eigenvalue weighted by Crippen LogP contribution is -1.97. The molecule has 0 fully saturated rings. The third-order valence-electron chi connectivity index (χ3n) is 3.65. The molecule has 2 aromatic carbocycles. The summed E-state index contributed by atoms with van der Waals surface area (Å²) in [6.45, 7) is 0. The molecule has 3 rings (SSSR count). The number of phenolic OH excluding ortho intramolecular Hbond substituents is 2. The molecule has 3 N–H and O–H groups in total. The second kappa shape index (κ2) is 4.93. The van der Waals surface area contributed by atoms with Crippen molar-refractivity contribution in [1.82, 2.24) is 0 Å². The Labute approximate surface area is 117 Å². The van der Waals surface area contributed by atoms with E-state index >= 15 is 0 Å². The van der Waals surface area contributed by atoms with Crippen molar-refractivity contribution < 1.29 is 15.3 Å². The molecule has 3 nitrogen and oxygen atoms in total. The summed E-state index contributed by atoms with van der Waals surface area (Å²) < 4.78 is 0.